The van der Waals surface area contributed by atoms with Gasteiger partial charge in [-0.2, -0.15) is 0 Å². The topological polar surface area (TPSA) is 0 Å². The summed E-state index contributed by atoms with van der Waals surface area (Å²) < 4.78 is 4.50. The second-order valence-electron chi connectivity index (χ2n) is 4.47. The van der Waals surface area contributed by atoms with E-state index in [1.807, 2.05) is 0 Å². The van der Waals surface area contributed by atoms with Gasteiger partial charge >= 0.3 is 119 Å². The summed E-state index contributed by atoms with van der Waals surface area (Å²) in [6.45, 7) is 0. The van der Waals surface area contributed by atoms with Crippen molar-refractivity contribution in [1.29, 1.82) is 0 Å². The van der Waals surface area contributed by atoms with Gasteiger partial charge in [-0.25, -0.2) is 0 Å². The molecular formula is C18H16ClGe. The molecule has 20 heavy (non-hydrogen) atoms. The first kappa shape index (κ1) is 14.9. The summed E-state index contributed by atoms with van der Waals surface area (Å²) in [5.41, 5.74) is 0. The van der Waals surface area contributed by atoms with Crippen LogP contribution in [0.15, 0.2) is 91.0 Å². The Hall–Kier alpha value is -1.51. The molecule has 0 unspecified atom stereocenters. The summed E-state index contributed by atoms with van der Waals surface area (Å²) >= 11 is -1.63. The van der Waals surface area contributed by atoms with E-state index < -0.39 is 14.3 Å². The van der Waals surface area contributed by atoms with Crippen LogP contribution in [-0.4, -0.2) is 14.3 Å². The molecule has 0 aliphatic heterocycles. The summed E-state index contributed by atoms with van der Waals surface area (Å²) in [7, 11) is 0. The van der Waals surface area contributed by atoms with Gasteiger partial charge in [-0.05, 0) is 0 Å². The fourth-order valence-electron chi connectivity index (χ4n) is 2.31. The van der Waals surface area contributed by atoms with E-state index in [0.717, 1.165) is 0 Å². The average Bonchev–Trinajstić information content (AvgIpc) is 2.51. The first-order valence-corrected chi connectivity index (χ1v) is 9.63. The molecule has 3 aromatic rings. The average molecular weight is 340 g/mol. The van der Waals surface area contributed by atoms with Gasteiger partial charge in [-0.15, -0.1) is 12.4 Å². The SMILES string of the molecule is Cl.c1cc[c]([Ge]([c]2ccccc2)[c]2ccccc2)cc1. The van der Waals surface area contributed by atoms with Crippen molar-refractivity contribution in [2.45, 2.75) is 0 Å². The molecule has 3 aromatic carbocycles. The standard InChI is InChI=1S/C18H15Ge.ClH/c1-4-10-16(11-5-1)19(17-12-6-2-7-13-17)18-14-8-3-9-15-18;/h1-15H;1H. The van der Waals surface area contributed by atoms with Crippen LogP contribution in [-0.2, 0) is 0 Å². The second kappa shape index (κ2) is 7.32. The van der Waals surface area contributed by atoms with E-state index >= 15 is 0 Å². The number of benzene rings is 3. The molecule has 0 amide bonds. The Labute approximate surface area is 131 Å². The van der Waals surface area contributed by atoms with Gasteiger partial charge in [-0.3, -0.25) is 0 Å². The molecule has 3 rings (SSSR count). The molecule has 0 bridgehead atoms. The molecule has 0 aliphatic rings. The van der Waals surface area contributed by atoms with Gasteiger partial charge in [-0.1, -0.05) is 0 Å². The number of rotatable bonds is 3. The zero-order valence-corrected chi connectivity index (χ0v) is 14.0. The number of halogens is 1. The van der Waals surface area contributed by atoms with E-state index in [9.17, 15) is 0 Å². The van der Waals surface area contributed by atoms with Crippen molar-refractivity contribution >= 4 is 39.9 Å². The summed E-state index contributed by atoms with van der Waals surface area (Å²) in [6, 6.07) is 32.8. The molecule has 2 heteroatoms. The molecule has 0 N–H and O–H groups in total. The second-order valence-corrected chi connectivity index (χ2v) is 9.68. The molecule has 99 valence electrons. The van der Waals surface area contributed by atoms with Crippen LogP contribution in [0.3, 0.4) is 0 Å². The maximum absolute atomic E-state index is 2.27. The van der Waals surface area contributed by atoms with E-state index in [-0.39, 0.29) is 12.4 Å². The predicted octanol–water partition coefficient (Wildman–Crippen LogP) is 2.62. The molecule has 0 atom stereocenters. The number of hydrogen-bond acceptors (Lipinski definition) is 0. The van der Waals surface area contributed by atoms with Gasteiger partial charge < -0.3 is 0 Å². The Bertz CT molecular complexity index is 529. The van der Waals surface area contributed by atoms with Crippen molar-refractivity contribution in [2.75, 3.05) is 0 Å². The van der Waals surface area contributed by atoms with Crippen molar-refractivity contribution in [1.82, 2.24) is 0 Å². The van der Waals surface area contributed by atoms with Crippen molar-refractivity contribution in [2.24, 2.45) is 0 Å². The zero-order valence-electron chi connectivity index (χ0n) is 11.1. The molecule has 0 nitrogen and oxygen atoms in total. The van der Waals surface area contributed by atoms with Crippen molar-refractivity contribution in [3.63, 3.8) is 0 Å². The molecule has 0 saturated carbocycles. The first-order valence-electron chi connectivity index (χ1n) is 6.48. The fraction of sp³-hybridized carbons (Fsp3) is 0. The third kappa shape index (κ3) is 3.33. The van der Waals surface area contributed by atoms with Gasteiger partial charge in [0.25, 0.3) is 0 Å². The third-order valence-electron chi connectivity index (χ3n) is 3.19. The normalized spacial score (nSPS) is 10.1. The van der Waals surface area contributed by atoms with Crippen LogP contribution in [0, 0.1) is 0 Å². The van der Waals surface area contributed by atoms with E-state index in [0.29, 0.717) is 0 Å². The Morgan fingerprint density at radius 3 is 0.900 bits per heavy atom. The molecular weight excluding hydrogens is 324 g/mol. The predicted molar refractivity (Wildman–Crippen MR) is 91.2 cm³/mol. The van der Waals surface area contributed by atoms with Crippen LogP contribution in [0.4, 0.5) is 0 Å². The van der Waals surface area contributed by atoms with E-state index in [1.54, 1.807) is 0 Å². The van der Waals surface area contributed by atoms with Crippen LogP contribution >= 0.6 is 12.4 Å². The van der Waals surface area contributed by atoms with Crippen molar-refractivity contribution < 1.29 is 0 Å². The molecule has 1 radical (unpaired) electrons. The van der Waals surface area contributed by atoms with Gasteiger partial charge in [0.15, 0.2) is 0 Å². The fourth-order valence-corrected chi connectivity index (χ4v) is 7.72. The van der Waals surface area contributed by atoms with Crippen LogP contribution in [0.25, 0.3) is 0 Å². The number of hydrogen-bond donors (Lipinski definition) is 0. The summed E-state index contributed by atoms with van der Waals surface area (Å²) in [5.74, 6) is 0. The molecule has 0 spiro atoms. The van der Waals surface area contributed by atoms with Crippen molar-refractivity contribution in [3.8, 4) is 0 Å². The van der Waals surface area contributed by atoms with Gasteiger partial charge in [0.1, 0.15) is 0 Å². The van der Waals surface area contributed by atoms with Crippen LogP contribution in [0.5, 0.6) is 0 Å². The molecule has 0 aliphatic carbocycles. The molecule has 0 saturated heterocycles. The first-order chi connectivity index (χ1) is 9.45. The minimum atomic E-state index is -1.63. The zero-order chi connectivity index (χ0) is 12.9. The Morgan fingerprint density at radius 2 is 0.650 bits per heavy atom. The molecule has 0 heterocycles. The minimum absolute atomic E-state index is 0. The van der Waals surface area contributed by atoms with Crippen LogP contribution in [0.1, 0.15) is 0 Å². The summed E-state index contributed by atoms with van der Waals surface area (Å²) in [5, 5.41) is 0. The third-order valence-corrected chi connectivity index (χ3v) is 8.92. The summed E-state index contributed by atoms with van der Waals surface area (Å²) in [4.78, 5) is 0. The Kier molecular flexibility index (Phi) is 5.45. The van der Waals surface area contributed by atoms with Crippen LogP contribution in [0.2, 0.25) is 0 Å². The van der Waals surface area contributed by atoms with Crippen molar-refractivity contribution in [3.05, 3.63) is 91.0 Å². The van der Waals surface area contributed by atoms with E-state index in [1.165, 1.54) is 13.2 Å². The maximum atomic E-state index is 2.27. The van der Waals surface area contributed by atoms with Gasteiger partial charge in [0.05, 0.1) is 0 Å². The van der Waals surface area contributed by atoms with E-state index in [4.69, 9.17) is 0 Å². The quantitative estimate of drug-likeness (QED) is 0.643. The Balaban J connectivity index is 0.00000147. The van der Waals surface area contributed by atoms with Crippen LogP contribution < -0.4 is 13.2 Å². The van der Waals surface area contributed by atoms with Gasteiger partial charge in [0.2, 0.25) is 0 Å². The van der Waals surface area contributed by atoms with Gasteiger partial charge in [0, 0.05) is 0 Å². The summed E-state index contributed by atoms with van der Waals surface area (Å²) in [6.07, 6.45) is 0. The molecule has 0 fully saturated rings. The monoisotopic (exact) mass is 341 g/mol. The van der Waals surface area contributed by atoms with E-state index in [2.05, 4.69) is 91.0 Å². The Morgan fingerprint density at radius 1 is 0.400 bits per heavy atom. The molecule has 0 aromatic heterocycles.